The van der Waals surface area contributed by atoms with E-state index in [0.29, 0.717) is 12.1 Å². The van der Waals surface area contributed by atoms with Crippen LogP contribution in [0, 0.1) is 13.8 Å². The van der Waals surface area contributed by atoms with E-state index in [1.807, 2.05) is 41.0 Å². The number of benzene rings is 2. The Kier molecular flexibility index (Phi) is 11.7. The van der Waals surface area contributed by atoms with Gasteiger partial charge in [0, 0.05) is 62.5 Å². The number of carbonyl (C=O) groups excluding carboxylic acids is 4. The van der Waals surface area contributed by atoms with Gasteiger partial charge < -0.3 is 20.4 Å². The fourth-order valence-corrected chi connectivity index (χ4v) is 5.53. The average molecular weight is 629 g/mol. The molecule has 6 rings (SSSR count). The van der Waals surface area contributed by atoms with E-state index in [-0.39, 0.29) is 11.8 Å². The van der Waals surface area contributed by atoms with Crippen LogP contribution < -0.4 is 10.6 Å². The first-order valence-corrected chi connectivity index (χ1v) is 13.9. The van der Waals surface area contributed by atoms with Crippen molar-refractivity contribution >= 4 is 24.4 Å². The summed E-state index contributed by atoms with van der Waals surface area (Å²) in [5, 5.41) is 6.71. The summed E-state index contributed by atoms with van der Waals surface area (Å²) in [7, 11) is 0. The number of halogens is 6. The molecule has 2 atom stereocenters. The molecule has 4 aliphatic heterocycles. The number of hydrogen-bond acceptors (Lipinski definition) is 6. The third-order valence-electron chi connectivity index (χ3n) is 7.46. The van der Waals surface area contributed by atoms with E-state index in [1.165, 1.54) is 16.7 Å². The molecule has 4 heterocycles. The second-order valence-corrected chi connectivity index (χ2v) is 10.7. The highest BCUT2D eigenvalue weighted by molar-refractivity contribution is 5.98. The van der Waals surface area contributed by atoms with Gasteiger partial charge in [0.05, 0.1) is 0 Å². The van der Waals surface area contributed by atoms with Crippen LogP contribution in [0.5, 0.6) is 0 Å². The van der Waals surface area contributed by atoms with Gasteiger partial charge in [-0.2, -0.15) is 26.3 Å². The molecule has 240 valence electrons. The van der Waals surface area contributed by atoms with E-state index >= 15 is 0 Å². The van der Waals surface area contributed by atoms with Crippen molar-refractivity contribution in [2.45, 2.75) is 51.1 Å². The Balaban J connectivity index is 0.000000178. The molecule has 8 nitrogen and oxygen atoms in total. The zero-order valence-electron chi connectivity index (χ0n) is 24.2. The van der Waals surface area contributed by atoms with Gasteiger partial charge in [0.15, 0.2) is 0 Å². The summed E-state index contributed by atoms with van der Waals surface area (Å²) < 4.78 is 62.5. The number of alkyl halides is 6. The van der Waals surface area contributed by atoms with Crippen LogP contribution in [0.1, 0.15) is 43.0 Å². The monoisotopic (exact) mass is 628 g/mol. The minimum Gasteiger partial charge on any atom is -0.333 e. The molecule has 4 aliphatic rings. The molecule has 0 aliphatic carbocycles. The van der Waals surface area contributed by atoms with Gasteiger partial charge in [-0.15, -0.1) is 0 Å². The van der Waals surface area contributed by atoms with E-state index in [9.17, 15) is 35.9 Å². The summed E-state index contributed by atoms with van der Waals surface area (Å²) in [5.41, 5.74) is 6.64. The van der Waals surface area contributed by atoms with E-state index in [4.69, 9.17) is 9.59 Å². The Bertz CT molecular complexity index is 1320. The highest BCUT2D eigenvalue weighted by atomic mass is 19.4. The minimum atomic E-state index is -4.64. The van der Waals surface area contributed by atoms with Gasteiger partial charge in [0.25, 0.3) is 11.8 Å². The van der Waals surface area contributed by atoms with Crippen molar-refractivity contribution in [3.8, 4) is 0 Å². The zero-order valence-corrected chi connectivity index (χ0v) is 24.2. The lowest BCUT2D eigenvalue weighted by Crippen LogP contribution is -2.56. The standard InChI is InChI=1S/2C13H16N2O.2C2HF3O/c1-9-2-3-12-10(6-9)7-11-8-14-4-5-15(11)13(12)16;1-9-3-2-4-10-7-11-8-14-5-6-15(11)13(16)12(9)10;2*3-2(4,5)1-6/h2-3,6,11,14H,4-5,7-8H2,1H3;2-4,11,14H,5-8H2,1H3;2*1H/t2*11-;;/m11../s1. The quantitative estimate of drug-likeness (QED) is 0.343. The van der Waals surface area contributed by atoms with Crippen LogP contribution in [-0.2, 0) is 22.4 Å². The molecule has 0 radical (unpaired) electrons. The lowest BCUT2D eigenvalue weighted by atomic mass is 9.89. The second-order valence-electron chi connectivity index (χ2n) is 10.7. The number of fused-ring (bicyclic) bond motifs is 4. The second kappa shape index (κ2) is 14.8. The number of piperazine rings is 2. The normalized spacial score (nSPS) is 20.5. The Labute approximate surface area is 250 Å². The first-order valence-electron chi connectivity index (χ1n) is 13.9. The molecule has 44 heavy (non-hydrogen) atoms. The summed E-state index contributed by atoms with van der Waals surface area (Å²) in [6, 6.07) is 13.0. The van der Waals surface area contributed by atoms with Gasteiger partial charge in [0.2, 0.25) is 12.6 Å². The molecular formula is C30H34F6N4O4. The number of rotatable bonds is 0. The fraction of sp³-hybridized carbons (Fsp3) is 0.467. The van der Waals surface area contributed by atoms with Gasteiger partial charge in [0.1, 0.15) is 0 Å². The molecule has 14 heteroatoms. The van der Waals surface area contributed by atoms with E-state index in [1.54, 1.807) is 0 Å². The number of aldehydes is 2. The highest BCUT2D eigenvalue weighted by Gasteiger charge is 2.35. The van der Waals surface area contributed by atoms with Gasteiger partial charge >= 0.3 is 12.4 Å². The maximum Gasteiger partial charge on any atom is 0.446 e. The summed E-state index contributed by atoms with van der Waals surface area (Å²) in [5.74, 6) is 0.443. The van der Waals surface area contributed by atoms with Crippen LogP contribution in [0.25, 0.3) is 0 Å². The van der Waals surface area contributed by atoms with Crippen LogP contribution in [0.4, 0.5) is 26.3 Å². The molecule has 0 saturated carbocycles. The average Bonchev–Trinajstić information content (AvgIpc) is 2.97. The van der Waals surface area contributed by atoms with Crippen LogP contribution in [0.3, 0.4) is 0 Å². The van der Waals surface area contributed by atoms with Crippen LogP contribution in [0.15, 0.2) is 36.4 Å². The molecule has 2 N–H and O–H groups in total. The van der Waals surface area contributed by atoms with Crippen molar-refractivity contribution in [1.82, 2.24) is 20.4 Å². The summed E-state index contributed by atoms with van der Waals surface area (Å²) >= 11 is 0. The van der Waals surface area contributed by atoms with Gasteiger partial charge in [-0.3, -0.25) is 19.2 Å². The predicted molar refractivity (Wildman–Crippen MR) is 149 cm³/mol. The molecule has 0 bridgehead atoms. The van der Waals surface area contributed by atoms with Gasteiger partial charge in [-0.25, -0.2) is 0 Å². The number of carbonyl (C=O) groups is 4. The van der Waals surface area contributed by atoms with Crippen molar-refractivity contribution < 1.29 is 45.5 Å². The lowest BCUT2D eigenvalue weighted by Gasteiger charge is -2.40. The molecule has 2 aromatic carbocycles. The smallest absolute Gasteiger partial charge is 0.333 e. The largest absolute Gasteiger partial charge is 0.446 e. The number of nitrogens with zero attached hydrogens (tertiary/aromatic N) is 2. The summed E-state index contributed by atoms with van der Waals surface area (Å²) in [6.45, 7) is 9.49. The molecule has 2 saturated heterocycles. The lowest BCUT2D eigenvalue weighted by molar-refractivity contribution is -0.156. The first kappa shape index (κ1) is 34.7. The molecule has 2 aromatic rings. The van der Waals surface area contributed by atoms with Crippen molar-refractivity contribution in [2.24, 2.45) is 0 Å². The van der Waals surface area contributed by atoms with Gasteiger partial charge in [-0.05, 0) is 49.4 Å². The molecule has 0 unspecified atom stereocenters. The number of aryl methyl sites for hydroxylation is 2. The Hall–Kier alpha value is -3.78. The van der Waals surface area contributed by atoms with Crippen molar-refractivity contribution in [3.63, 3.8) is 0 Å². The molecule has 0 aromatic heterocycles. The van der Waals surface area contributed by atoms with Crippen LogP contribution in [-0.4, -0.2) is 97.9 Å². The number of amides is 2. The fourth-order valence-electron chi connectivity index (χ4n) is 5.53. The van der Waals surface area contributed by atoms with Crippen molar-refractivity contribution in [3.05, 3.63) is 69.8 Å². The Morgan fingerprint density at radius 1 is 0.750 bits per heavy atom. The van der Waals surface area contributed by atoms with Crippen molar-refractivity contribution in [2.75, 3.05) is 39.3 Å². The molecule has 0 spiro atoms. The topological polar surface area (TPSA) is 98.8 Å². The third-order valence-corrected chi connectivity index (χ3v) is 7.46. The Morgan fingerprint density at radius 3 is 1.77 bits per heavy atom. The van der Waals surface area contributed by atoms with Crippen LogP contribution in [0.2, 0.25) is 0 Å². The molecular weight excluding hydrogens is 594 g/mol. The van der Waals surface area contributed by atoms with Gasteiger partial charge in [-0.1, -0.05) is 35.9 Å². The van der Waals surface area contributed by atoms with Crippen molar-refractivity contribution in [1.29, 1.82) is 0 Å². The molecule has 2 fully saturated rings. The summed E-state index contributed by atoms with van der Waals surface area (Å²) in [6.07, 6.45) is -9.41. The maximum absolute atomic E-state index is 12.4. The minimum absolute atomic E-state index is 0.216. The summed E-state index contributed by atoms with van der Waals surface area (Å²) in [4.78, 5) is 46.1. The van der Waals surface area contributed by atoms with E-state index < -0.39 is 24.9 Å². The molecule has 2 amide bonds. The number of nitrogens with one attached hydrogen (secondary N) is 2. The predicted octanol–water partition coefficient (Wildman–Crippen LogP) is 3.43. The zero-order chi connectivity index (χ0) is 32.7. The van der Waals surface area contributed by atoms with Crippen LogP contribution >= 0.6 is 0 Å². The first-order chi connectivity index (χ1) is 20.6. The SMILES string of the molecule is Cc1ccc2c(c1)C[C@@H]1CNCCN1C2=O.Cc1cccc2c1C(=O)N1CCNC[C@H]1C2.O=CC(F)(F)F.O=CC(F)(F)F. The highest BCUT2D eigenvalue weighted by Crippen LogP contribution is 2.27. The third kappa shape index (κ3) is 9.36. The van der Waals surface area contributed by atoms with E-state index in [0.717, 1.165) is 68.8 Å². The maximum atomic E-state index is 12.4. The number of hydrogen-bond donors (Lipinski definition) is 2. The Morgan fingerprint density at radius 2 is 1.25 bits per heavy atom. The van der Waals surface area contributed by atoms with E-state index in [2.05, 4.69) is 29.7 Å².